The number of hydrogen-bond donors (Lipinski definition) is 2. The molecule has 4 aromatic carbocycles. The van der Waals surface area contributed by atoms with Crippen molar-refractivity contribution in [3.8, 4) is 11.4 Å². The Morgan fingerprint density at radius 3 is 1.71 bits per heavy atom. The minimum absolute atomic E-state index is 0.254. The van der Waals surface area contributed by atoms with Crippen molar-refractivity contribution in [2.45, 2.75) is 0 Å². The molecule has 0 aliphatic heterocycles. The summed E-state index contributed by atoms with van der Waals surface area (Å²) in [4.78, 5) is 50.9. The Bertz CT molecular complexity index is 1670. The number of anilines is 2. The predicted molar refractivity (Wildman–Crippen MR) is 146 cm³/mol. The molecular weight excluding hydrogens is 484 g/mol. The third-order valence-corrected chi connectivity index (χ3v) is 6.01. The average Bonchev–Trinajstić information content (AvgIpc) is 3.29. The number of nitroso groups, excluding NO2 is 2. The minimum atomic E-state index is -0.307. The van der Waals surface area contributed by atoms with Crippen molar-refractivity contribution >= 4 is 45.6 Å². The van der Waals surface area contributed by atoms with Gasteiger partial charge in [0.05, 0.1) is 11.0 Å². The van der Waals surface area contributed by atoms with Crippen LogP contribution in [0.4, 0.5) is 22.7 Å². The summed E-state index contributed by atoms with van der Waals surface area (Å²) >= 11 is 0. The molecule has 186 valence electrons. The van der Waals surface area contributed by atoms with Crippen LogP contribution < -0.4 is 10.6 Å². The van der Waals surface area contributed by atoms with Gasteiger partial charge in [0.25, 0.3) is 11.8 Å². The van der Waals surface area contributed by atoms with Crippen LogP contribution in [0, 0.1) is 9.81 Å². The van der Waals surface area contributed by atoms with E-state index in [1.807, 2.05) is 35.9 Å². The Balaban J connectivity index is 1.32. The van der Waals surface area contributed by atoms with E-state index in [-0.39, 0.29) is 23.2 Å². The van der Waals surface area contributed by atoms with E-state index in [1.54, 1.807) is 30.3 Å². The molecule has 0 aliphatic rings. The molecule has 10 heteroatoms. The number of carbonyl (C=O) groups excluding carboxylic acids is 2. The maximum absolute atomic E-state index is 12.6. The van der Waals surface area contributed by atoms with Gasteiger partial charge in [0.15, 0.2) is 0 Å². The van der Waals surface area contributed by atoms with Crippen LogP contribution in [0.25, 0.3) is 22.4 Å². The van der Waals surface area contributed by atoms with Crippen LogP contribution in [0.3, 0.4) is 0 Å². The number of nitrogens with zero attached hydrogens (tertiary/aromatic N) is 4. The van der Waals surface area contributed by atoms with E-state index in [0.717, 1.165) is 22.4 Å². The lowest BCUT2D eigenvalue weighted by atomic mass is 10.1. The molecular formula is C28H20N6O4. The highest BCUT2D eigenvalue weighted by Gasteiger charge is 2.13. The van der Waals surface area contributed by atoms with Crippen molar-refractivity contribution in [3.63, 3.8) is 0 Å². The number of hydrogen-bond acceptors (Lipinski definition) is 7. The Hall–Kier alpha value is -5.51. The third kappa shape index (κ3) is 4.91. The number of nitrogens with one attached hydrogen (secondary N) is 2. The second-order valence-electron chi connectivity index (χ2n) is 8.46. The summed E-state index contributed by atoms with van der Waals surface area (Å²) in [5.74, 6) is 0.109. The quantitative estimate of drug-likeness (QED) is 0.243. The molecule has 0 saturated carbocycles. The number of imidazole rings is 1. The van der Waals surface area contributed by atoms with Crippen molar-refractivity contribution in [1.82, 2.24) is 9.55 Å². The van der Waals surface area contributed by atoms with Crippen LogP contribution in [0.5, 0.6) is 0 Å². The van der Waals surface area contributed by atoms with Gasteiger partial charge in [-0.1, -0.05) is 0 Å². The fraction of sp³-hybridized carbons (Fsp3) is 0.0357. The molecule has 10 nitrogen and oxygen atoms in total. The van der Waals surface area contributed by atoms with E-state index in [4.69, 9.17) is 4.98 Å². The molecule has 0 spiro atoms. The van der Waals surface area contributed by atoms with E-state index >= 15 is 0 Å². The number of amides is 2. The lowest BCUT2D eigenvalue weighted by Gasteiger charge is -2.08. The lowest BCUT2D eigenvalue weighted by Crippen LogP contribution is -2.11. The van der Waals surface area contributed by atoms with Gasteiger partial charge in [-0.25, -0.2) is 4.98 Å². The summed E-state index contributed by atoms with van der Waals surface area (Å²) in [6.07, 6.45) is 0. The van der Waals surface area contributed by atoms with Crippen molar-refractivity contribution in [2.75, 3.05) is 10.6 Å². The van der Waals surface area contributed by atoms with Gasteiger partial charge >= 0.3 is 0 Å². The summed E-state index contributed by atoms with van der Waals surface area (Å²) in [5, 5.41) is 11.4. The van der Waals surface area contributed by atoms with Crippen LogP contribution in [-0.2, 0) is 7.05 Å². The largest absolute Gasteiger partial charge is 0.327 e. The molecule has 0 bridgehead atoms. The van der Waals surface area contributed by atoms with Gasteiger partial charge in [-0.2, -0.15) is 0 Å². The first-order valence-electron chi connectivity index (χ1n) is 11.5. The molecule has 0 radical (unpaired) electrons. The topological polar surface area (TPSA) is 135 Å². The Morgan fingerprint density at radius 1 is 0.684 bits per heavy atom. The number of aromatic nitrogens is 2. The van der Waals surface area contributed by atoms with Crippen LogP contribution in [0.2, 0.25) is 0 Å². The molecule has 1 aromatic heterocycles. The number of fused-ring (bicyclic) bond motifs is 1. The Kier molecular flexibility index (Phi) is 6.51. The van der Waals surface area contributed by atoms with Crippen molar-refractivity contribution < 1.29 is 9.59 Å². The SMILES string of the molecule is Cn1c(-c2ccc(NC(=O)c3ccc(N=O)cc3)cc2)nc2ccc(NC(=O)c3ccc(N=O)cc3)cc21. The van der Waals surface area contributed by atoms with Crippen LogP contribution >= 0.6 is 0 Å². The molecule has 0 fully saturated rings. The lowest BCUT2D eigenvalue weighted by molar-refractivity contribution is 0.101. The second kappa shape index (κ2) is 10.2. The Labute approximate surface area is 216 Å². The summed E-state index contributed by atoms with van der Waals surface area (Å²) < 4.78 is 1.92. The van der Waals surface area contributed by atoms with Gasteiger partial charge in [-0.05, 0) is 101 Å². The highest BCUT2D eigenvalue weighted by Crippen LogP contribution is 2.27. The first-order chi connectivity index (χ1) is 18.4. The Morgan fingerprint density at radius 2 is 1.18 bits per heavy atom. The zero-order chi connectivity index (χ0) is 26.6. The van der Waals surface area contributed by atoms with E-state index in [2.05, 4.69) is 21.0 Å². The van der Waals surface area contributed by atoms with Gasteiger partial charge in [-0.15, -0.1) is 9.81 Å². The van der Waals surface area contributed by atoms with Crippen LogP contribution in [0.15, 0.2) is 101 Å². The van der Waals surface area contributed by atoms with E-state index in [1.165, 1.54) is 36.4 Å². The van der Waals surface area contributed by atoms with Crippen LogP contribution in [-0.4, -0.2) is 21.4 Å². The molecule has 2 amide bonds. The van der Waals surface area contributed by atoms with Gasteiger partial charge in [0.1, 0.15) is 17.2 Å². The van der Waals surface area contributed by atoms with Crippen molar-refractivity contribution in [3.05, 3.63) is 112 Å². The monoisotopic (exact) mass is 504 g/mol. The number of benzene rings is 4. The third-order valence-electron chi connectivity index (χ3n) is 6.01. The highest BCUT2D eigenvalue weighted by atomic mass is 16.3. The van der Waals surface area contributed by atoms with Gasteiger partial charge in [0, 0.05) is 35.1 Å². The average molecular weight is 505 g/mol. The molecule has 0 aliphatic carbocycles. The molecule has 0 unspecified atom stereocenters. The molecule has 0 atom stereocenters. The van der Waals surface area contributed by atoms with Gasteiger partial charge in [0.2, 0.25) is 0 Å². The standard InChI is InChI=1S/C28H20N6O4/c1-34-25-16-23(30-28(36)19-6-12-22(33-38)13-7-19)14-15-24(25)31-26(34)17-2-8-20(9-3-17)29-27(35)18-4-10-21(32-37)11-5-18/h2-16H,1H3,(H,29,35)(H,30,36). The zero-order valence-electron chi connectivity index (χ0n) is 20.1. The second-order valence-corrected chi connectivity index (χ2v) is 8.46. The maximum Gasteiger partial charge on any atom is 0.255 e. The summed E-state index contributed by atoms with van der Waals surface area (Å²) in [6.45, 7) is 0. The van der Waals surface area contributed by atoms with Crippen molar-refractivity contribution in [1.29, 1.82) is 0 Å². The fourth-order valence-corrected chi connectivity index (χ4v) is 3.98. The highest BCUT2D eigenvalue weighted by molar-refractivity contribution is 6.05. The zero-order valence-corrected chi connectivity index (χ0v) is 20.1. The fourth-order valence-electron chi connectivity index (χ4n) is 3.98. The van der Waals surface area contributed by atoms with Gasteiger partial charge < -0.3 is 15.2 Å². The van der Waals surface area contributed by atoms with E-state index in [9.17, 15) is 19.4 Å². The van der Waals surface area contributed by atoms with Gasteiger partial charge in [-0.3, -0.25) is 9.59 Å². The number of rotatable bonds is 7. The first-order valence-corrected chi connectivity index (χ1v) is 11.5. The minimum Gasteiger partial charge on any atom is -0.327 e. The molecule has 5 aromatic rings. The molecule has 0 saturated heterocycles. The summed E-state index contributed by atoms with van der Waals surface area (Å²) in [7, 11) is 1.88. The summed E-state index contributed by atoms with van der Waals surface area (Å²) in [5.41, 5.74) is 4.96. The molecule has 2 N–H and O–H groups in total. The number of aryl methyl sites for hydroxylation is 1. The maximum atomic E-state index is 12.6. The molecule has 1 heterocycles. The smallest absolute Gasteiger partial charge is 0.255 e. The van der Waals surface area contributed by atoms with Crippen molar-refractivity contribution in [2.24, 2.45) is 17.4 Å². The van der Waals surface area contributed by atoms with E-state index in [0.29, 0.717) is 22.5 Å². The normalized spacial score (nSPS) is 10.7. The molecule has 38 heavy (non-hydrogen) atoms. The van der Waals surface area contributed by atoms with Crippen LogP contribution in [0.1, 0.15) is 20.7 Å². The first kappa shape index (κ1) is 24.2. The summed E-state index contributed by atoms with van der Waals surface area (Å²) in [6, 6.07) is 24.8. The predicted octanol–water partition coefficient (Wildman–Crippen LogP) is 6.54. The number of carbonyl (C=O) groups is 2. The molecule has 5 rings (SSSR count). The van der Waals surface area contributed by atoms with E-state index < -0.39 is 0 Å².